The lowest BCUT2D eigenvalue weighted by Gasteiger charge is -2.08. The summed E-state index contributed by atoms with van der Waals surface area (Å²) in [7, 11) is 0. The van der Waals surface area contributed by atoms with Gasteiger partial charge in [-0.1, -0.05) is 18.2 Å². The summed E-state index contributed by atoms with van der Waals surface area (Å²) in [5, 5.41) is 11.6. The molecule has 0 bridgehead atoms. The van der Waals surface area contributed by atoms with Crippen LogP contribution in [0.4, 0.5) is 5.69 Å². The maximum Gasteiger partial charge on any atom is 0.305 e. The minimum absolute atomic E-state index is 0.0995. The summed E-state index contributed by atoms with van der Waals surface area (Å²) in [4.78, 5) is 10.4. The van der Waals surface area contributed by atoms with Crippen molar-refractivity contribution < 1.29 is 14.6 Å². The number of para-hydroxylation sites is 1. The van der Waals surface area contributed by atoms with Crippen LogP contribution in [0.3, 0.4) is 0 Å². The van der Waals surface area contributed by atoms with Crippen LogP contribution >= 0.6 is 0 Å². The van der Waals surface area contributed by atoms with Crippen LogP contribution in [0.25, 0.3) is 0 Å². The minimum atomic E-state index is -0.809. The van der Waals surface area contributed by atoms with E-state index in [0.717, 1.165) is 17.2 Å². The summed E-state index contributed by atoms with van der Waals surface area (Å²) in [6.07, 6.45) is 0.0995. The molecule has 4 nitrogen and oxygen atoms in total. The largest absolute Gasteiger partial charge is 0.481 e. The second-order valence-corrected chi connectivity index (χ2v) is 4.01. The third-order valence-corrected chi connectivity index (χ3v) is 2.50. The summed E-state index contributed by atoms with van der Waals surface area (Å²) in [5.41, 5.74) is 0.877. The van der Waals surface area contributed by atoms with Gasteiger partial charge < -0.3 is 15.2 Å². The Morgan fingerprint density at radius 1 is 1.00 bits per heavy atom. The smallest absolute Gasteiger partial charge is 0.305 e. The predicted molar refractivity (Wildman–Crippen MR) is 73.7 cm³/mol. The van der Waals surface area contributed by atoms with Gasteiger partial charge in [0.2, 0.25) is 0 Å². The first-order valence-corrected chi connectivity index (χ1v) is 6.03. The Balaban J connectivity index is 1.89. The molecule has 0 unspecified atom stereocenters. The average Bonchev–Trinajstić information content (AvgIpc) is 2.42. The number of carboxylic acid groups (broad SMARTS) is 1. The Morgan fingerprint density at radius 2 is 1.63 bits per heavy atom. The zero-order valence-corrected chi connectivity index (χ0v) is 10.4. The summed E-state index contributed by atoms with van der Waals surface area (Å²) in [6.45, 7) is 0.411. The fourth-order valence-electron chi connectivity index (χ4n) is 1.58. The number of rotatable bonds is 6. The fraction of sp³-hybridized carbons (Fsp3) is 0.133. The maximum absolute atomic E-state index is 10.4. The van der Waals surface area contributed by atoms with Gasteiger partial charge in [-0.15, -0.1) is 0 Å². The highest BCUT2D eigenvalue weighted by Crippen LogP contribution is 2.22. The van der Waals surface area contributed by atoms with E-state index in [0.29, 0.717) is 6.54 Å². The lowest BCUT2D eigenvalue weighted by Crippen LogP contribution is -2.07. The number of anilines is 1. The Kier molecular flexibility index (Phi) is 4.39. The van der Waals surface area contributed by atoms with Crippen LogP contribution in [-0.2, 0) is 4.79 Å². The van der Waals surface area contributed by atoms with Gasteiger partial charge in [-0.05, 0) is 36.4 Å². The first-order valence-electron chi connectivity index (χ1n) is 6.03. The molecule has 2 rings (SSSR count). The quantitative estimate of drug-likeness (QED) is 0.833. The molecule has 0 aliphatic carbocycles. The van der Waals surface area contributed by atoms with E-state index in [4.69, 9.17) is 9.84 Å². The van der Waals surface area contributed by atoms with Crippen LogP contribution < -0.4 is 10.1 Å². The molecule has 0 heterocycles. The molecule has 0 saturated carbocycles. The molecule has 0 amide bonds. The van der Waals surface area contributed by atoms with Crippen LogP contribution in [0, 0.1) is 0 Å². The molecule has 4 heteroatoms. The molecule has 0 aliphatic heterocycles. The van der Waals surface area contributed by atoms with Crippen molar-refractivity contribution in [2.45, 2.75) is 6.42 Å². The highest BCUT2D eigenvalue weighted by molar-refractivity contribution is 5.67. The topological polar surface area (TPSA) is 58.6 Å². The number of ether oxygens (including phenoxy) is 1. The molecular weight excluding hydrogens is 242 g/mol. The van der Waals surface area contributed by atoms with Crippen LogP contribution in [0.2, 0.25) is 0 Å². The number of carbonyl (C=O) groups is 1. The van der Waals surface area contributed by atoms with E-state index in [2.05, 4.69) is 5.32 Å². The van der Waals surface area contributed by atoms with E-state index < -0.39 is 5.97 Å². The minimum Gasteiger partial charge on any atom is -0.481 e. The van der Waals surface area contributed by atoms with Crippen molar-refractivity contribution in [1.82, 2.24) is 0 Å². The van der Waals surface area contributed by atoms with Gasteiger partial charge in [-0.2, -0.15) is 0 Å². The maximum atomic E-state index is 10.4. The van der Waals surface area contributed by atoms with Gasteiger partial charge >= 0.3 is 5.97 Å². The molecular formula is C15H15NO3. The summed E-state index contributed by atoms with van der Waals surface area (Å²) >= 11 is 0. The molecule has 19 heavy (non-hydrogen) atoms. The van der Waals surface area contributed by atoms with E-state index in [1.807, 2.05) is 54.6 Å². The normalized spacial score (nSPS) is 9.89. The molecule has 0 spiro atoms. The van der Waals surface area contributed by atoms with Gasteiger partial charge in [0.1, 0.15) is 11.5 Å². The van der Waals surface area contributed by atoms with E-state index in [1.165, 1.54) is 0 Å². The molecule has 2 aromatic rings. The lowest BCUT2D eigenvalue weighted by molar-refractivity contribution is -0.136. The second kappa shape index (κ2) is 6.44. The zero-order valence-electron chi connectivity index (χ0n) is 10.4. The number of hydrogen-bond donors (Lipinski definition) is 2. The van der Waals surface area contributed by atoms with Crippen molar-refractivity contribution >= 4 is 11.7 Å². The molecule has 0 aliphatic rings. The lowest BCUT2D eigenvalue weighted by atomic mass is 10.3. The van der Waals surface area contributed by atoms with E-state index >= 15 is 0 Å². The van der Waals surface area contributed by atoms with Gasteiger partial charge in [-0.25, -0.2) is 0 Å². The number of hydrogen-bond acceptors (Lipinski definition) is 3. The number of nitrogens with one attached hydrogen (secondary N) is 1. The SMILES string of the molecule is O=C(O)CCNc1ccc(Oc2ccccc2)cc1. The molecule has 98 valence electrons. The highest BCUT2D eigenvalue weighted by Gasteiger charge is 1.99. The third-order valence-electron chi connectivity index (χ3n) is 2.50. The predicted octanol–water partition coefficient (Wildman–Crippen LogP) is 3.37. The first-order chi connectivity index (χ1) is 9.24. The molecule has 0 atom stereocenters. The van der Waals surface area contributed by atoms with Crippen molar-refractivity contribution in [3.8, 4) is 11.5 Å². The first kappa shape index (κ1) is 13.0. The Labute approximate surface area is 111 Å². The number of carboxylic acids is 1. The molecule has 2 N–H and O–H groups in total. The zero-order chi connectivity index (χ0) is 13.5. The van der Waals surface area contributed by atoms with Crippen molar-refractivity contribution in [2.75, 3.05) is 11.9 Å². The van der Waals surface area contributed by atoms with Crippen molar-refractivity contribution in [2.24, 2.45) is 0 Å². The van der Waals surface area contributed by atoms with E-state index in [1.54, 1.807) is 0 Å². The van der Waals surface area contributed by atoms with E-state index in [9.17, 15) is 4.79 Å². The van der Waals surface area contributed by atoms with Gasteiger partial charge in [0.05, 0.1) is 6.42 Å². The molecule has 0 aromatic heterocycles. The monoisotopic (exact) mass is 257 g/mol. The van der Waals surface area contributed by atoms with Crippen LogP contribution in [0.1, 0.15) is 6.42 Å². The van der Waals surface area contributed by atoms with Crippen molar-refractivity contribution in [3.05, 3.63) is 54.6 Å². The second-order valence-electron chi connectivity index (χ2n) is 4.01. The van der Waals surface area contributed by atoms with Crippen LogP contribution in [0.5, 0.6) is 11.5 Å². The Bertz CT molecular complexity index is 523. The van der Waals surface area contributed by atoms with E-state index in [-0.39, 0.29) is 6.42 Å². The average molecular weight is 257 g/mol. The summed E-state index contributed by atoms with van der Waals surface area (Å²) in [6, 6.07) is 16.9. The molecule has 0 fully saturated rings. The summed E-state index contributed by atoms with van der Waals surface area (Å²) < 4.78 is 5.65. The number of aliphatic carboxylic acids is 1. The fourth-order valence-corrected chi connectivity index (χ4v) is 1.58. The number of benzene rings is 2. The Hall–Kier alpha value is -2.49. The Morgan fingerprint density at radius 3 is 2.26 bits per heavy atom. The van der Waals surface area contributed by atoms with Crippen LogP contribution in [0.15, 0.2) is 54.6 Å². The molecule has 0 radical (unpaired) electrons. The molecule has 0 saturated heterocycles. The molecule has 2 aromatic carbocycles. The van der Waals surface area contributed by atoms with Gasteiger partial charge in [0.15, 0.2) is 0 Å². The van der Waals surface area contributed by atoms with Gasteiger partial charge in [0, 0.05) is 12.2 Å². The standard InChI is InChI=1S/C15H15NO3/c17-15(18)10-11-16-12-6-8-14(9-7-12)19-13-4-2-1-3-5-13/h1-9,16H,10-11H2,(H,17,18). The highest BCUT2D eigenvalue weighted by atomic mass is 16.5. The van der Waals surface area contributed by atoms with Crippen molar-refractivity contribution in [1.29, 1.82) is 0 Å². The van der Waals surface area contributed by atoms with Gasteiger partial charge in [0.25, 0.3) is 0 Å². The van der Waals surface area contributed by atoms with Gasteiger partial charge in [-0.3, -0.25) is 4.79 Å². The third kappa shape index (κ3) is 4.35. The van der Waals surface area contributed by atoms with Crippen molar-refractivity contribution in [3.63, 3.8) is 0 Å². The van der Waals surface area contributed by atoms with Crippen LogP contribution in [-0.4, -0.2) is 17.6 Å². The summed E-state index contributed by atoms with van der Waals surface area (Å²) in [5.74, 6) is 0.723.